The Bertz CT molecular complexity index is 131. The van der Waals surface area contributed by atoms with Crippen LogP contribution in [0.25, 0.3) is 0 Å². The van der Waals surface area contributed by atoms with E-state index in [9.17, 15) is 0 Å². The topological polar surface area (TPSA) is 87.0 Å². The molecule has 84 valence electrons. The maximum atomic E-state index is 8.76. The molecule has 0 fully saturated rings. The second kappa shape index (κ2) is 17.6. The van der Waals surface area contributed by atoms with Crippen LogP contribution in [0, 0.1) is 0 Å². The fourth-order valence-electron chi connectivity index (χ4n) is 0.426. The zero-order valence-electron chi connectivity index (χ0n) is 8.35. The summed E-state index contributed by atoms with van der Waals surface area (Å²) in [6, 6.07) is 0. The number of hydrogen-bond acceptors (Lipinski definition) is 3. The van der Waals surface area contributed by atoms with Gasteiger partial charge in [0.25, 0.3) is 0 Å². The Hall–Kier alpha value is -1.49. The summed E-state index contributed by atoms with van der Waals surface area (Å²) in [5.41, 5.74) is 0. The summed E-state index contributed by atoms with van der Waals surface area (Å²) in [6.07, 6.45) is 0.360. The Morgan fingerprint density at radius 3 is 2.07 bits per heavy atom. The lowest BCUT2D eigenvalue weighted by Crippen LogP contribution is -2.06. The number of carboxylic acid groups (broad SMARTS) is 2. The second-order valence-electron chi connectivity index (χ2n) is 1.83. The van der Waals surface area contributed by atoms with Crippen molar-refractivity contribution in [2.45, 2.75) is 26.1 Å². The first-order chi connectivity index (χ1) is 6.54. The molecule has 0 aromatic carbocycles. The highest BCUT2D eigenvalue weighted by atomic mass is 16.6. The van der Waals surface area contributed by atoms with Gasteiger partial charge in [0.2, 0.25) is 0 Å². The fraction of sp³-hybridized carbons (Fsp3) is 0.444. The molecule has 0 rings (SSSR count). The molecule has 5 nitrogen and oxygen atoms in total. The minimum atomic E-state index is -1.83. The monoisotopic (exact) mass is 206 g/mol. The van der Waals surface area contributed by atoms with Crippen molar-refractivity contribution in [3.8, 4) is 0 Å². The Kier molecular flexibility index (Phi) is 23.0. The molecule has 0 radical (unpaired) electrons. The van der Waals surface area contributed by atoms with Crippen molar-refractivity contribution >= 4 is 6.16 Å². The maximum Gasteiger partial charge on any atom is 0.503 e. The molecule has 0 heterocycles. The third kappa shape index (κ3) is 46.7. The van der Waals surface area contributed by atoms with E-state index in [1.165, 1.54) is 6.26 Å². The first-order valence-corrected chi connectivity index (χ1v) is 3.90. The van der Waals surface area contributed by atoms with E-state index in [-0.39, 0.29) is 0 Å². The summed E-state index contributed by atoms with van der Waals surface area (Å²) in [5.74, 6) is 0. The second-order valence-corrected chi connectivity index (χ2v) is 1.83. The van der Waals surface area contributed by atoms with Crippen LogP contribution in [0.15, 0.2) is 26.0 Å². The molecule has 0 aliphatic heterocycles. The van der Waals surface area contributed by atoms with Crippen molar-refractivity contribution in [2.24, 2.45) is 0 Å². The maximum absolute atomic E-state index is 8.76. The molecule has 1 atom stereocenters. The van der Waals surface area contributed by atoms with Gasteiger partial charge in [-0.05, 0) is 0 Å². The number of carbonyl (C=O) groups is 1. The lowest BCUT2D eigenvalue weighted by Gasteiger charge is -2.06. The Morgan fingerprint density at radius 1 is 1.50 bits per heavy atom. The first kappa shape index (κ1) is 18.3. The average molecular weight is 206 g/mol. The van der Waals surface area contributed by atoms with E-state index in [2.05, 4.69) is 24.5 Å². The SMILES string of the molecule is C=C.C=COC(O)CCC.O=C(O)O. The van der Waals surface area contributed by atoms with E-state index >= 15 is 0 Å². The lowest BCUT2D eigenvalue weighted by atomic mass is 10.3. The van der Waals surface area contributed by atoms with Gasteiger partial charge in [0, 0.05) is 6.42 Å². The van der Waals surface area contributed by atoms with Gasteiger partial charge in [-0.1, -0.05) is 19.9 Å². The molecule has 0 bridgehead atoms. The molecular weight excluding hydrogens is 188 g/mol. The minimum Gasteiger partial charge on any atom is -0.473 e. The van der Waals surface area contributed by atoms with Crippen molar-refractivity contribution in [1.29, 1.82) is 0 Å². The van der Waals surface area contributed by atoms with Gasteiger partial charge in [0.1, 0.15) is 0 Å². The third-order valence-electron chi connectivity index (χ3n) is 0.789. The molecule has 0 aliphatic carbocycles. The number of aliphatic hydroxyl groups excluding tert-OH is 1. The zero-order valence-corrected chi connectivity index (χ0v) is 8.35. The molecule has 0 aliphatic rings. The van der Waals surface area contributed by atoms with Crippen LogP contribution in [0.2, 0.25) is 0 Å². The minimum absolute atomic E-state index is 0.655. The average Bonchev–Trinajstić information content (AvgIpc) is 2.08. The predicted molar refractivity (Wildman–Crippen MR) is 54.1 cm³/mol. The summed E-state index contributed by atoms with van der Waals surface area (Å²) in [4.78, 5) is 8.56. The highest BCUT2D eigenvalue weighted by molar-refractivity contribution is 5.53. The van der Waals surface area contributed by atoms with Gasteiger partial charge in [0.05, 0.1) is 6.26 Å². The van der Waals surface area contributed by atoms with Gasteiger partial charge in [-0.2, -0.15) is 0 Å². The standard InChI is InChI=1S/C6H12O2.C2H4.CH2O3/c1-3-5-6(7)8-4-2;1-2;2-1(3)4/h4,6-7H,2-3,5H2,1H3;1-2H2;(H2,2,3,4). The van der Waals surface area contributed by atoms with Gasteiger partial charge in [-0.15, -0.1) is 13.2 Å². The molecule has 0 spiro atoms. The van der Waals surface area contributed by atoms with Crippen LogP contribution < -0.4 is 0 Å². The van der Waals surface area contributed by atoms with Crippen LogP contribution in [-0.2, 0) is 4.74 Å². The molecule has 0 amide bonds. The summed E-state index contributed by atoms with van der Waals surface area (Å²) in [7, 11) is 0. The summed E-state index contributed by atoms with van der Waals surface area (Å²) in [6.45, 7) is 11.3. The number of hydrogen-bond donors (Lipinski definition) is 3. The van der Waals surface area contributed by atoms with E-state index in [4.69, 9.17) is 20.1 Å². The van der Waals surface area contributed by atoms with Crippen molar-refractivity contribution in [3.05, 3.63) is 26.0 Å². The summed E-state index contributed by atoms with van der Waals surface area (Å²) >= 11 is 0. The Morgan fingerprint density at radius 2 is 1.86 bits per heavy atom. The van der Waals surface area contributed by atoms with Crippen LogP contribution in [-0.4, -0.2) is 27.8 Å². The van der Waals surface area contributed by atoms with Crippen molar-refractivity contribution < 1.29 is 24.9 Å². The molecule has 0 aromatic heterocycles. The van der Waals surface area contributed by atoms with Gasteiger partial charge in [-0.3, -0.25) is 0 Å². The fourth-order valence-corrected chi connectivity index (χ4v) is 0.426. The molecule has 0 aromatic rings. The van der Waals surface area contributed by atoms with E-state index in [1.54, 1.807) is 0 Å². The molecule has 1 unspecified atom stereocenters. The number of rotatable bonds is 4. The molecule has 3 N–H and O–H groups in total. The quantitative estimate of drug-likeness (QED) is 0.373. The van der Waals surface area contributed by atoms with Crippen molar-refractivity contribution in [1.82, 2.24) is 0 Å². The van der Waals surface area contributed by atoms with Gasteiger partial charge >= 0.3 is 6.16 Å². The lowest BCUT2D eigenvalue weighted by molar-refractivity contribution is -0.0558. The van der Waals surface area contributed by atoms with Crippen molar-refractivity contribution in [2.75, 3.05) is 0 Å². The van der Waals surface area contributed by atoms with Crippen LogP contribution >= 0.6 is 0 Å². The van der Waals surface area contributed by atoms with E-state index < -0.39 is 12.4 Å². The highest BCUT2D eigenvalue weighted by Gasteiger charge is 1.96. The number of ether oxygens (including phenoxy) is 1. The Labute approximate surface area is 83.9 Å². The van der Waals surface area contributed by atoms with E-state index in [0.717, 1.165) is 6.42 Å². The highest BCUT2D eigenvalue weighted by Crippen LogP contribution is 1.96. The Balaban J connectivity index is -0.000000170. The molecule has 14 heavy (non-hydrogen) atoms. The molecular formula is C9H18O5. The van der Waals surface area contributed by atoms with E-state index in [0.29, 0.717) is 6.42 Å². The van der Waals surface area contributed by atoms with Gasteiger partial charge in [0.15, 0.2) is 6.29 Å². The molecule has 0 saturated heterocycles. The molecule has 5 heteroatoms. The predicted octanol–water partition coefficient (Wildman–Crippen LogP) is 2.29. The molecule has 0 saturated carbocycles. The van der Waals surface area contributed by atoms with Crippen LogP contribution in [0.5, 0.6) is 0 Å². The van der Waals surface area contributed by atoms with Crippen LogP contribution in [0.1, 0.15) is 19.8 Å². The van der Waals surface area contributed by atoms with E-state index in [1.807, 2.05) is 6.92 Å². The van der Waals surface area contributed by atoms with Gasteiger partial charge in [-0.25, -0.2) is 4.79 Å². The summed E-state index contributed by atoms with van der Waals surface area (Å²) < 4.78 is 4.60. The van der Waals surface area contributed by atoms with Crippen LogP contribution in [0.4, 0.5) is 4.79 Å². The third-order valence-corrected chi connectivity index (χ3v) is 0.789. The van der Waals surface area contributed by atoms with Crippen LogP contribution in [0.3, 0.4) is 0 Å². The largest absolute Gasteiger partial charge is 0.503 e. The smallest absolute Gasteiger partial charge is 0.473 e. The van der Waals surface area contributed by atoms with Crippen molar-refractivity contribution in [3.63, 3.8) is 0 Å². The van der Waals surface area contributed by atoms with Gasteiger partial charge < -0.3 is 20.1 Å². The number of aliphatic hydroxyl groups is 1. The summed E-state index contributed by atoms with van der Waals surface area (Å²) in [5, 5.41) is 22.7. The zero-order chi connectivity index (χ0) is 12.0. The normalized spacial score (nSPS) is 9.29. The first-order valence-electron chi connectivity index (χ1n) is 3.90.